The number of carbonyl (C=O) groups excluding carboxylic acids is 1. The highest BCUT2D eigenvalue weighted by molar-refractivity contribution is 6.33. The summed E-state index contributed by atoms with van der Waals surface area (Å²) in [5.74, 6) is -0.0708. The minimum absolute atomic E-state index is 0.0239. The Labute approximate surface area is 192 Å². The summed E-state index contributed by atoms with van der Waals surface area (Å²) >= 11 is 0. The van der Waals surface area contributed by atoms with E-state index >= 15 is 0 Å². The normalized spacial score (nSPS) is 17.9. The second kappa shape index (κ2) is 16.5. The third-order valence-corrected chi connectivity index (χ3v) is 9.25. The van der Waals surface area contributed by atoms with E-state index in [-0.39, 0.29) is 18.0 Å². The highest BCUT2D eigenvalue weighted by Gasteiger charge is 2.35. The molecule has 0 aromatic rings. The zero-order chi connectivity index (χ0) is 22.2. The lowest BCUT2D eigenvalue weighted by molar-refractivity contribution is -0.137. The van der Waals surface area contributed by atoms with E-state index in [1.165, 1.54) is 89.9 Å². The van der Waals surface area contributed by atoms with Crippen molar-refractivity contribution >= 4 is 25.5 Å². The molecule has 0 aliphatic heterocycles. The van der Waals surface area contributed by atoms with Crippen LogP contribution in [0.3, 0.4) is 0 Å². The monoisotopic (exact) mass is 452 g/mol. The fourth-order valence-electron chi connectivity index (χ4n) is 4.49. The third kappa shape index (κ3) is 12.0. The van der Waals surface area contributed by atoms with E-state index in [4.69, 9.17) is 8.85 Å². The van der Waals surface area contributed by atoms with Gasteiger partial charge in [0.1, 0.15) is 0 Å². The standard InChI is InChI=1S/C25H48O3Si2/c1-6-8-10-12-16-25(17-13-11-9-7-2)18-14-23(15-19-25)30-28-24(26)22(5)20-29-27-21(3)4/h21-23H,6-20H2,1-5H3. The number of unbranched alkanes of at least 4 members (excludes halogenated alkanes) is 6. The topological polar surface area (TPSA) is 35.5 Å². The van der Waals surface area contributed by atoms with Crippen molar-refractivity contribution in [2.45, 2.75) is 142 Å². The van der Waals surface area contributed by atoms with E-state index in [0.717, 1.165) is 6.04 Å². The average Bonchev–Trinajstić information content (AvgIpc) is 2.73. The van der Waals surface area contributed by atoms with Gasteiger partial charge in [0.15, 0.2) is 0 Å². The largest absolute Gasteiger partial charge is 0.516 e. The van der Waals surface area contributed by atoms with Crippen LogP contribution in [0.25, 0.3) is 0 Å². The van der Waals surface area contributed by atoms with Gasteiger partial charge in [-0.05, 0) is 69.4 Å². The lowest BCUT2D eigenvalue weighted by atomic mass is 9.68. The van der Waals surface area contributed by atoms with Crippen LogP contribution in [-0.4, -0.2) is 31.6 Å². The molecular formula is C25H48O3Si2. The molecule has 0 spiro atoms. The molecule has 1 saturated carbocycles. The molecule has 0 heterocycles. The second-order valence-electron chi connectivity index (χ2n) is 9.85. The third-order valence-electron chi connectivity index (χ3n) is 6.60. The number of hydrogen-bond acceptors (Lipinski definition) is 3. The van der Waals surface area contributed by atoms with Gasteiger partial charge in [0.2, 0.25) is 9.76 Å². The first kappa shape index (κ1) is 27.9. The van der Waals surface area contributed by atoms with Crippen molar-refractivity contribution < 1.29 is 13.6 Å². The Morgan fingerprint density at radius 2 is 1.50 bits per heavy atom. The van der Waals surface area contributed by atoms with Crippen LogP contribution in [0.15, 0.2) is 0 Å². The first-order chi connectivity index (χ1) is 14.4. The molecule has 0 saturated heterocycles. The number of carbonyl (C=O) groups is 1. The summed E-state index contributed by atoms with van der Waals surface area (Å²) in [5, 5.41) is 0. The molecule has 3 nitrogen and oxygen atoms in total. The quantitative estimate of drug-likeness (QED) is 0.169. The Morgan fingerprint density at radius 1 is 0.933 bits per heavy atom. The van der Waals surface area contributed by atoms with Crippen molar-refractivity contribution in [3.8, 4) is 0 Å². The van der Waals surface area contributed by atoms with Crippen molar-refractivity contribution in [2.24, 2.45) is 11.3 Å². The zero-order valence-electron chi connectivity index (χ0n) is 20.6. The molecule has 1 aliphatic rings. The minimum atomic E-state index is -0.0469. The summed E-state index contributed by atoms with van der Waals surface area (Å²) in [6, 6.07) is 0.783. The molecule has 0 aromatic heterocycles. The number of hydrogen-bond donors (Lipinski definition) is 0. The lowest BCUT2D eigenvalue weighted by Crippen LogP contribution is -2.29. The van der Waals surface area contributed by atoms with Crippen molar-refractivity contribution in [1.29, 1.82) is 0 Å². The maximum atomic E-state index is 12.3. The molecule has 0 N–H and O–H groups in total. The summed E-state index contributed by atoms with van der Waals surface area (Å²) in [4.78, 5) is 12.3. The van der Waals surface area contributed by atoms with Gasteiger partial charge in [-0.25, -0.2) is 0 Å². The summed E-state index contributed by atoms with van der Waals surface area (Å²) in [7, 11) is 0.738. The Kier molecular flexibility index (Phi) is 15.3. The van der Waals surface area contributed by atoms with Gasteiger partial charge in [0.05, 0.1) is 5.92 Å². The predicted molar refractivity (Wildman–Crippen MR) is 130 cm³/mol. The molecule has 0 aromatic carbocycles. The van der Waals surface area contributed by atoms with Crippen molar-refractivity contribution in [1.82, 2.24) is 0 Å². The molecule has 174 valence electrons. The molecule has 1 aliphatic carbocycles. The van der Waals surface area contributed by atoms with Crippen LogP contribution in [0.1, 0.15) is 125 Å². The van der Waals surface area contributed by atoms with E-state index in [9.17, 15) is 4.79 Å². The zero-order valence-corrected chi connectivity index (χ0v) is 22.6. The summed E-state index contributed by atoms with van der Waals surface area (Å²) < 4.78 is 11.3. The Morgan fingerprint density at radius 3 is 2.00 bits per heavy atom. The van der Waals surface area contributed by atoms with Crippen LogP contribution in [0.2, 0.25) is 11.6 Å². The maximum absolute atomic E-state index is 12.3. The van der Waals surface area contributed by atoms with Gasteiger partial charge in [-0.1, -0.05) is 72.1 Å². The van der Waals surface area contributed by atoms with E-state index in [2.05, 4.69) is 13.8 Å². The molecule has 1 fully saturated rings. The summed E-state index contributed by atoms with van der Waals surface area (Å²) in [6.07, 6.45) is 19.3. The average molecular weight is 453 g/mol. The molecule has 5 heteroatoms. The van der Waals surface area contributed by atoms with Crippen molar-refractivity contribution in [3.05, 3.63) is 0 Å². The van der Waals surface area contributed by atoms with Gasteiger partial charge in [-0.3, -0.25) is 4.79 Å². The molecule has 4 radical (unpaired) electrons. The molecule has 1 unspecified atom stereocenters. The van der Waals surface area contributed by atoms with Gasteiger partial charge in [0.25, 0.3) is 5.97 Å². The molecule has 1 rings (SSSR count). The van der Waals surface area contributed by atoms with E-state index in [1.807, 2.05) is 20.8 Å². The van der Waals surface area contributed by atoms with Crippen LogP contribution >= 0.6 is 0 Å². The minimum Gasteiger partial charge on any atom is -0.516 e. The molecule has 30 heavy (non-hydrogen) atoms. The fourth-order valence-corrected chi connectivity index (χ4v) is 6.35. The smallest absolute Gasteiger partial charge is 0.318 e. The van der Waals surface area contributed by atoms with Crippen molar-refractivity contribution in [2.75, 3.05) is 0 Å². The van der Waals surface area contributed by atoms with Crippen molar-refractivity contribution in [3.63, 3.8) is 0 Å². The molecule has 0 amide bonds. The Balaban J connectivity index is 2.37. The number of rotatable bonds is 17. The van der Waals surface area contributed by atoms with Crippen LogP contribution in [0, 0.1) is 11.3 Å². The molecule has 0 bridgehead atoms. The summed E-state index contributed by atoms with van der Waals surface area (Å²) in [6.45, 7) is 10.6. The van der Waals surface area contributed by atoms with Crippen LogP contribution in [0.4, 0.5) is 0 Å². The lowest BCUT2D eigenvalue weighted by Gasteiger charge is -2.40. The van der Waals surface area contributed by atoms with Crippen LogP contribution in [0.5, 0.6) is 0 Å². The van der Waals surface area contributed by atoms with E-state index in [1.54, 1.807) is 0 Å². The fraction of sp³-hybridized carbons (Fsp3) is 0.960. The Bertz CT molecular complexity index is 420. The van der Waals surface area contributed by atoms with Gasteiger partial charge in [-0.15, -0.1) is 0 Å². The van der Waals surface area contributed by atoms with Gasteiger partial charge >= 0.3 is 9.76 Å². The maximum Gasteiger partial charge on any atom is 0.318 e. The molecule has 1 atom stereocenters. The first-order valence-corrected chi connectivity index (χ1v) is 14.9. The predicted octanol–water partition coefficient (Wildman–Crippen LogP) is 7.54. The SMILES string of the molecule is CCCCCCC1(CCCCCC)CCC([Si]OC(=O)C(C)C[Si]OC(C)C)CC1. The van der Waals surface area contributed by atoms with Crippen LogP contribution in [-0.2, 0) is 13.6 Å². The summed E-state index contributed by atoms with van der Waals surface area (Å²) in [5.41, 5.74) is 1.17. The first-order valence-electron chi connectivity index (χ1n) is 12.8. The Hall–Kier alpha value is -0.136. The van der Waals surface area contributed by atoms with E-state index in [0.29, 0.717) is 30.5 Å². The highest BCUT2D eigenvalue weighted by Crippen LogP contribution is 2.48. The second-order valence-corrected chi connectivity index (χ2v) is 12.0. The van der Waals surface area contributed by atoms with E-state index < -0.39 is 0 Å². The molecular weight excluding hydrogens is 404 g/mol. The van der Waals surface area contributed by atoms with Gasteiger partial charge in [0, 0.05) is 6.10 Å². The van der Waals surface area contributed by atoms with Gasteiger partial charge in [-0.2, -0.15) is 0 Å². The van der Waals surface area contributed by atoms with Crippen LogP contribution < -0.4 is 0 Å². The van der Waals surface area contributed by atoms with Gasteiger partial charge < -0.3 is 8.85 Å². The highest BCUT2D eigenvalue weighted by atomic mass is 28.2.